The quantitative estimate of drug-likeness (QED) is 0.0502. The molecular formula is C60H81N6O6S3Y-. The van der Waals surface area contributed by atoms with Crippen LogP contribution in [0, 0.1) is 0 Å². The van der Waals surface area contributed by atoms with Gasteiger partial charge < -0.3 is 27.3 Å². The van der Waals surface area contributed by atoms with Gasteiger partial charge in [-0.1, -0.05) is 142 Å². The zero-order valence-corrected chi connectivity index (χ0v) is 53.0. The first kappa shape index (κ1) is 69.6. The van der Waals surface area contributed by atoms with Crippen molar-refractivity contribution >= 4 is 102 Å². The van der Waals surface area contributed by atoms with Crippen molar-refractivity contribution in [3.63, 3.8) is 0 Å². The standard InChI is InChI=1S/3C13H9NO2.C10H24N2S2.C5H13NS.3C2H6.Y/c3*1-14-12(15)9-6-2-4-8-5-3-7-10(11(8)9)13(14)16;1-11(2)7-5-9-13-14-10-6-8-12(3)4;1-6(2)4-3-5-7;3*1-2;/h3*2-7H,1H3;5-10H2,1-4H3;7H,3-5H2,1-2H3;3*1-2H3;/p-1. The second kappa shape index (κ2) is 36.6. The summed E-state index contributed by atoms with van der Waals surface area (Å²) < 4.78 is 0. The number of nitrogens with zero attached hydrogens (tertiary/aromatic N) is 6. The molecule has 409 valence electrons. The van der Waals surface area contributed by atoms with Crippen molar-refractivity contribution in [1.29, 1.82) is 0 Å². The van der Waals surface area contributed by atoms with Crippen LogP contribution < -0.4 is 0 Å². The first-order valence-electron chi connectivity index (χ1n) is 25.8. The Morgan fingerprint density at radius 1 is 0.368 bits per heavy atom. The molecule has 16 heteroatoms. The molecule has 1 radical (unpaired) electrons. The second-order valence-corrected chi connectivity index (χ2v) is 20.6. The molecule has 0 N–H and O–H groups in total. The van der Waals surface area contributed by atoms with Crippen LogP contribution in [0.2, 0.25) is 0 Å². The van der Waals surface area contributed by atoms with Gasteiger partial charge in [-0.3, -0.25) is 43.5 Å². The van der Waals surface area contributed by atoms with Crippen LogP contribution in [-0.4, -0.2) is 165 Å². The smallest absolute Gasteiger partial charge is 0.261 e. The van der Waals surface area contributed by atoms with Crippen molar-refractivity contribution in [2.45, 2.75) is 60.8 Å². The van der Waals surface area contributed by atoms with Crippen LogP contribution in [0.25, 0.3) is 32.3 Å². The molecule has 6 aromatic carbocycles. The molecule has 6 amide bonds. The summed E-state index contributed by atoms with van der Waals surface area (Å²) >= 11 is 4.74. The zero-order chi connectivity index (χ0) is 56.4. The van der Waals surface area contributed by atoms with Gasteiger partial charge in [0.1, 0.15) is 0 Å². The van der Waals surface area contributed by atoms with E-state index in [1.165, 1.54) is 58.6 Å². The summed E-state index contributed by atoms with van der Waals surface area (Å²) in [5.41, 5.74) is 3.64. The third kappa shape index (κ3) is 19.2. The van der Waals surface area contributed by atoms with E-state index in [1.807, 2.05) is 136 Å². The minimum absolute atomic E-state index is 0. The van der Waals surface area contributed by atoms with E-state index in [0.717, 1.165) is 65.7 Å². The third-order valence-corrected chi connectivity index (χ3v) is 14.3. The van der Waals surface area contributed by atoms with Gasteiger partial charge in [-0.15, -0.1) is 0 Å². The summed E-state index contributed by atoms with van der Waals surface area (Å²) in [6.45, 7) is 15.6. The Kier molecular flexibility index (Phi) is 33.5. The van der Waals surface area contributed by atoms with Crippen LogP contribution in [0.5, 0.6) is 0 Å². The fourth-order valence-electron chi connectivity index (χ4n) is 7.83. The van der Waals surface area contributed by atoms with E-state index in [-0.39, 0.29) is 68.2 Å². The number of hydrogen-bond donors (Lipinski definition) is 0. The molecule has 6 aromatic rings. The van der Waals surface area contributed by atoms with Crippen LogP contribution in [0.3, 0.4) is 0 Å². The Hall–Kier alpha value is -4.45. The molecule has 0 fully saturated rings. The van der Waals surface area contributed by atoms with Gasteiger partial charge in [0.15, 0.2) is 0 Å². The largest absolute Gasteiger partial charge is 0.793 e. The van der Waals surface area contributed by atoms with E-state index in [9.17, 15) is 28.8 Å². The second-order valence-electron chi connectivity index (χ2n) is 17.5. The molecule has 0 atom stereocenters. The normalized spacial score (nSPS) is 12.6. The summed E-state index contributed by atoms with van der Waals surface area (Å²) in [6, 6.07) is 33.0. The average molecular weight is 1170 g/mol. The predicted molar refractivity (Wildman–Crippen MR) is 322 cm³/mol. The molecule has 0 aliphatic carbocycles. The third-order valence-electron chi connectivity index (χ3n) is 11.4. The van der Waals surface area contributed by atoms with Gasteiger partial charge in [-0.05, 0) is 127 Å². The number of rotatable bonds is 12. The van der Waals surface area contributed by atoms with Crippen LogP contribution in [0.15, 0.2) is 109 Å². The van der Waals surface area contributed by atoms with Crippen molar-refractivity contribution in [3.05, 3.63) is 143 Å². The summed E-state index contributed by atoms with van der Waals surface area (Å²) in [5, 5.41) is 5.13. The van der Waals surface area contributed by atoms with Gasteiger partial charge in [-0.25, -0.2) is 0 Å². The van der Waals surface area contributed by atoms with Crippen LogP contribution in [-0.2, 0) is 45.3 Å². The van der Waals surface area contributed by atoms with Gasteiger partial charge in [0.25, 0.3) is 35.4 Å². The monoisotopic (exact) mass is 1170 g/mol. The van der Waals surface area contributed by atoms with Crippen molar-refractivity contribution < 1.29 is 61.5 Å². The van der Waals surface area contributed by atoms with Crippen molar-refractivity contribution in [1.82, 2.24) is 29.4 Å². The van der Waals surface area contributed by atoms with Crippen LogP contribution in [0.4, 0.5) is 0 Å². The Labute approximate surface area is 492 Å². The maximum Gasteiger partial charge on any atom is 0.261 e. The first-order chi connectivity index (χ1) is 36.0. The Balaban J connectivity index is 0.000000470. The van der Waals surface area contributed by atoms with Crippen molar-refractivity contribution in [2.75, 3.05) is 100 Å². The minimum Gasteiger partial charge on any atom is -0.793 e. The molecule has 76 heavy (non-hydrogen) atoms. The Morgan fingerprint density at radius 2 is 0.566 bits per heavy atom. The molecule has 12 nitrogen and oxygen atoms in total. The number of imide groups is 3. The minimum atomic E-state index is -0.228. The average Bonchev–Trinajstić information content (AvgIpc) is 3.43. The van der Waals surface area contributed by atoms with Crippen molar-refractivity contribution in [3.8, 4) is 0 Å². The molecule has 0 saturated carbocycles. The molecule has 9 rings (SSSR count). The van der Waals surface area contributed by atoms with Gasteiger partial charge in [0.2, 0.25) is 0 Å². The molecule has 3 heterocycles. The number of hydrogen-bond acceptors (Lipinski definition) is 12. The van der Waals surface area contributed by atoms with Crippen LogP contribution in [0.1, 0.15) is 123 Å². The number of carbonyl (C=O) groups is 6. The van der Waals surface area contributed by atoms with E-state index >= 15 is 0 Å². The van der Waals surface area contributed by atoms with E-state index in [0.29, 0.717) is 33.4 Å². The first-order valence-corrected chi connectivity index (χ1v) is 28.9. The Bertz CT molecular complexity index is 2390. The molecular weight excluding hydrogens is 1090 g/mol. The van der Waals surface area contributed by atoms with E-state index in [1.54, 1.807) is 36.4 Å². The fourth-order valence-corrected chi connectivity index (χ4v) is 10.1. The SMILES string of the molecule is CC.CC.CC.CN(C)CCCSSCCCN(C)C.CN(C)CCC[S-].CN1C(=O)c2cccc3cccc(c23)C1=O.CN1C(=O)c2cccc3cccc(c23)C1=O.CN1C(=O)c2cccc3cccc(c23)C1=O.[Y]. The summed E-state index contributed by atoms with van der Waals surface area (Å²) in [6.07, 6.45) is 3.75. The van der Waals surface area contributed by atoms with Gasteiger partial charge >= 0.3 is 0 Å². The number of benzene rings is 6. The molecule has 0 spiro atoms. The molecule has 0 saturated heterocycles. The molecule has 3 aliphatic heterocycles. The molecule has 0 aromatic heterocycles. The molecule has 0 bridgehead atoms. The molecule has 3 aliphatic rings. The summed E-state index contributed by atoms with van der Waals surface area (Å²) in [7, 11) is 21.2. The Morgan fingerprint density at radius 3 is 0.737 bits per heavy atom. The fraction of sp³-hybridized carbons (Fsp3) is 0.400. The van der Waals surface area contributed by atoms with Gasteiger partial charge in [0, 0.05) is 115 Å². The predicted octanol–water partition coefficient (Wildman–Crippen LogP) is 12.0. The number of amides is 6. The maximum absolute atomic E-state index is 11.9. The summed E-state index contributed by atoms with van der Waals surface area (Å²) in [4.78, 5) is 81.6. The van der Waals surface area contributed by atoms with Crippen molar-refractivity contribution in [2.24, 2.45) is 0 Å². The van der Waals surface area contributed by atoms with E-state index in [4.69, 9.17) is 12.6 Å². The van der Waals surface area contributed by atoms with E-state index < -0.39 is 0 Å². The van der Waals surface area contributed by atoms with Crippen LogP contribution >= 0.6 is 21.6 Å². The zero-order valence-electron chi connectivity index (χ0n) is 47.7. The van der Waals surface area contributed by atoms with Gasteiger partial charge in [0.05, 0.1) is 0 Å². The summed E-state index contributed by atoms with van der Waals surface area (Å²) in [5.74, 6) is 2.09. The van der Waals surface area contributed by atoms with Gasteiger partial charge in [-0.2, -0.15) is 5.75 Å². The van der Waals surface area contributed by atoms with E-state index in [2.05, 4.69) is 57.0 Å². The molecule has 0 unspecified atom stereocenters. The maximum atomic E-state index is 11.9. The topological polar surface area (TPSA) is 122 Å². The number of carbonyl (C=O) groups excluding carboxylic acids is 6.